The smallest absolute Gasteiger partial charge is 0.339 e. The van der Waals surface area contributed by atoms with E-state index in [0.717, 1.165) is 0 Å². The Bertz CT molecular complexity index is 423. The Hall–Kier alpha value is -1.75. The van der Waals surface area contributed by atoms with Gasteiger partial charge in [0, 0.05) is 5.69 Å². The minimum absolute atomic E-state index is 0.0609. The van der Waals surface area contributed by atoms with Crippen LogP contribution >= 0.6 is 0 Å². The first-order valence-corrected chi connectivity index (χ1v) is 5.69. The number of carboxylic acids is 1. The summed E-state index contributed by atoms with van der Waals surface area (Å²) in [5, 5.41) is 9.01. The van der Waals surface area contributed by atoms with Crippen LogP contribution in [-0.4, -0.2) is 29.9 Å². The average Bonchev–Trinajstić information content (AvgIpc) is 2.24. The number of carboxylic acid groups (broad SMARTS) is 1. The van der Waals surface area contributed by atoms with Gasteiger partial charge in [-0.3, -0.25) is 0 Å². The fourth-order valence-corrected chi connectivity index (χ4v) is 1.34. The Morgan fingerprint density at radius 3 is 2.56 bits per heavy atom. The molecule has 0 amide bonds. The Labute approximate surface area is 107 Å². The van der Waals surface area contributed by atoms with Gasteiger partial charge in [-0.15, -0.1) is 0 Å². The molecule has 1 aromatic carbocycles. The number of hydrogen-bond donors (Lipinski definition) is 2. The average molecular weight is 253 g/mol. The zero-order chi connectivity index (χ0) is 13.8. The van der Waals surface area contributed by atoms with E-state index in [-0.39, 0.29) is 11.2 Å². The third-order valence-electron chi connectivity index (χ3n) is 2.11. The zero-order valence-electron chi connectivity index (χ0n) is 10.9. The molecule has 5 nitrogen and oxygen atoms in total. The number of aromatic carboxylic acids is 1. The third-order valence-corrected chi connectivity index (χ3v) is 2.11. The fraction of sp³-hybridized carbons (Fsp3) is 0.462. The lowest BCUT2D eigenvalue weighted by molar-refractivity contribution is -0.0164. The van der Waals surface area contributed by atoms with Crippen molar-refractivity contribution in [3.8, 4) is 5.75 Å². The highest BCUT2D eigenvalue weighted by atomic mass is 16.5. The van der Waals surface area contributed by atoms with E-state index in [1.54, 1.807) is 12.1 Å². The highest BCUT2D eigenvalue weighted by Gasteiger charge is 2.13. The summed E-state index contributed by atoms with van der Waals surface area (Å²) < 4.78 is 10.9. The molecule has 1 aromatic rings. The van der Waals surface area contributed by atoms with E-state index in [2.05, 4.69) is 0 Å². The van der Waals surface area contributed by atoms with Crippen LogP contribution in [0.3, 0.4) is 0 Å². The first-order chi connectivity index (χ1) is 8.29. The second-order valence-electron chi connectivity index (χ2n) is 4.87. The fourth-order valence-electron chi connectivity index (χ4n) is 1.34. The van der Waals surface area contributed by atoms with Crippen molar-refractivity contribution in [1.82, 2.24) is 0 Å². The summed E-state index contributed by atoms with van der Waals surface area (Å²) in [6.07, 6.45) is 0. The molecule has 0 aromatic heterocycles. The van der Waals surface area contributed by atoms with E-state index < -0.39 is 5.97 Å². The summed E-state index contributed by atoms with van der Waals surface area (Å²) in [7, 11) is 0. The summed E-state index contributed by atoms with van der Waals surface area (Å²) in [5.41, 5.74) is 5.75. The molecule has 0 unspecified atom stereocenters. The normalized spacial score (nSPS) is 11.3. The highest BCUT2D eigenvalue weighted by Crippen LogP contribution is 2.21. The molecule has 0 aliphatic carbocycles. The summed E-state index contributed by atoms with van der Waals surface area (Å²) >= 11 is 0. The molecule has 0 heterocycles. The van der Waals surface area contributed by atoms with Crippen LogP contribution < -0.4 is 10.5 Å². The van der Waals surface area contributed by atoms with Gasteiger partial charge in [0.25, 0.3) is 0 Å². The van der Waals surface area contributed by atoms with Gasteiger partial charge in [-0.1, -0.05) is 0 Å². The van der Waals surface area contributed by atoms with Gasteiger partial charge >= 0.3 is 5.97 Å². The molecule has 3 N–H and O–H groups in total. The van der Waals surface area contributed by atoms with Gasteiger partial charge in [0.2, 0.25) is 0 Å². The molecule has 0 aliphatic rings. The first-order valence-electron chi connectivity index (χ1n) is 5.69. The quantitative estimate of drug-likeness (QED) is 0.620. The van der Waals surface area contributed by atoms with Crippen LogP contribution in [0, 0.1) is 0 Å². The number of nitrogens with two attached hydrogens (primary N) is 1. The Balaban J connectivity index is 2.59. The lowest BCUT2D eigenvalue weighted by atomic mass is 10.2. The van der Waals surface area contributed by atoms with Crippen molar-refractivity contribution in [2.75, 3.05) is 18.9 Å². The topological polar surface area (TPSA) is 81.8 Å². The standard InChI is InChI=1S/C13H19NO4/c1-13(2,3)18-7-6-17-11-5-4-9(14)8-10(11)12(15)16/h4-5,8H,6-7,14H2,1-3H3,(H,15,16). The lowest BCUT2D eigenvalue weighted by Crippen LogP contribution is -2.22. The van der Waals surface area contributed by atoms with Gasteiger partial charge in [-0.05, 0) is 39.0 Å². The number of ether oxygens (including phenoxy) is 2. The number of rotatable bonds is 5. The molecule has 0 atom stereocenters. The number of hydrogen-bond acceptors (Lipinski definition) is 4. The van der Waals surface area contributed by atoms with Gasteiger partial charge in [-0.25, -0.2) is 4.79 Å². The van der Waals surface area contributed by atoms with Crippen molar-refractivity contribution in [3.63, 3.8) is 0 Å². The molecule has 0 saturated heterocycles. The summed E-state index contributed by atoms with van der Waals surface area (Å²) in [5.74, 6) is -0.761. The van der Waals surface area contributed by atoms with Crippen LogP contribution in [0.15, 0.2) is 18.2 Å². The van der Waals surface area contributed by atoms with Crippen LogP contribution in [0.4, 0.5) is 5.69 Å². The van der Waals surface area contributed by atoms with Crippen molar-refractivity contribution in [1.29, 1.82) is 0 Å². The van der Waals surface area contributed by atoms with E-state index in [4.69, 9.17) is 20.3 Å². The van der Waals surface area contributed by atoms with E-state index in [1.807, 2.05) is 20.8 Å². The van der Waals surface area contributed by atoms with Crippen molar-refractivity contribution in [2.45, 2.75) is 26.4 Å². The van der Waals surface area contributed by atoms with Gasteiger partial charge in [0.1, 0.15) is 17.9 Å². The van der Waals surface area contributed by atoms with Crippen LogP contribution in [0.25, 0.3) is 0 Å². The van der Waals surface area contributed by atoms with Crippen LogP contribution in [0.5, 0.6) is 5.75 Å². The molecule has 0 spiro atoms. The Kier molecular flexibility index (Phi) is 4.55. The van der Waals surface area contributed by atoms with Crippen molar-refractivity contribution in [2.24, 2.45) is 0 Å². The molecule has 5 heteroatoms. The number of carbonyl (C=O) groups is 1. The summed E-state index contributed by atoms with van der Waals surface area (Å²) in [6, 6.07) is 4.53. The maximum Gasteiger partial charge on any atom is 0.339 e. The molecule has 0 saturated carbocycles. The largest absolute Gasteiger partial charge is 0.490 e. The maximum absolute atomic E-state index is 11.0. The predicted molar refractivity (Wildman–Crippen MR) is 69.0 cm³/mol. The van der Waals surface area contributed by atoms with Gasteiger partial charge < -0.3 is 20.3 Å². The van der Waals surface area contributed by atoms with Gasteiger partial charge in [0.15, 0.2) is 0 Å². The maximum atomic E-state index is 11.0. The third kappa shape index (κ3) is 4.63. The van der Waals surface area contributed by atoms with E-state index >= 15 is 0 Å². The minimum atomic E-state index is -1.06. The molecule has 18 heavy (non-hydrogen) atoms. The summed E-state index contributed by atoms with van der Waals surface area (Å²) in [6.45, 7) is 6.52. The molecule has 100 valence electrons. The number of anilines is 1. The number of nitrogen functional groups attached to an aromatic ring is 1. The van der Waals surface area contributed by atoms with Crippen molar-refractivity contribution in [3.05, 3.63) is 23.8 Å². The molecular weight excluding hydrogens is 234 g/mol. The Morgan fingerprint density at radius 2 is 2.00 bits per heavy atom. The second kappa shape index (κ2) is 5.73. The van der Waals surface area contributed by atoms with Crippen LogP contribution in [0.2, 0.25) is 0 Å². The minimum Gasteiger partial charge on any atom is -0.490 e. The monoisotopic (exact) mass is 253 g/mol. The van der Waals surface area contributed by atoms with E-state index in [9.17, 15) is 4.79 Å². The molecule has 0 fully saturated rings. The summed E-state index contributed by atoms with van der Waals surface area (Å²) in [4.78, 5) is 11.0. The van der Waals surface area contributed by atoms with Gasteiger partial charge in [-0.2, -0.15) is 0 Å². The van der Waals surface area contributed by atoms with E-state index in [0.29, 0.717) is 24.7 Å². The van der Waals surface area contributed by atoms with Gasteiger partial charge in [0.05, 0.1) is 12.2 Å². The molecule has 1 rings (SSSR count). The van der Waals surface area contributed by atoms with Crippen molar-refractivity contribution >= 4 is 11.7 Å². The first kappa shape index (κ1) is 14.3. The second-order valence-corrected chi connectivity index (χ2v) is 4.87. The number of benzene rings is 1. The Morgan fingerprint density at radius 1 is 1.33 bits per heavy atom. The lowest BCUT2D eigenvalue weighted by Gasteiger charge is -2.19. The molecule has 0 bridgehead atoms. The van der Waals surface area contributed by atoms with Crippen molar-refractivity contribution < 1.29 is 19.4 Å². The van der Waals surface area contributed by atoms with Crippen LogP contribution in [-0.2, 0) is 4.74 Å². The zero-order valence-corrected chi connectivity index (χ0v) is 10.9. The molecule has 0 radical (unpaired) electrons. The highest BCUT2D eigenvalue weighted by molar-refractivity contribution is 5.92. The molecule has 0 aliphatic heterocycles. The van der Waals surface area contributed by atoms with Crippen LogP contribution in [0.1, 0.15) is 31.1 Å². The SMILES string of the molecule is CC(C)(C)OCCOc1ccc(N)cc1C(=O)O. The van der Waals surface area contributed by atoms with E-state index in [1.165, 1.54) is 6.07 Å². The predicted octanol–water partition coefficient (Wildman–Crippen LogP) is 2.16. The molecular formula is C13H19NO4.